The van der Waals surface area contributed by atoms with Crippen molar-refractivity contribution < 1.29 is 14.3 Å². The Hall–Kier alpha value is -2.35. The first-order valence-corrected chi connectivity index (χ1v) is 8.82. The third-order valence-electron chi connectivity index (χ3n) is 4.91. The summed E-state index contributed by atoms with van der Waals surface area (Å²) >= 11 is 0. The van der Waals surface area contributed by atoms with E-state index in [4.69, 9.17) is 4.74 Å². The number of carbonyl (C=O) groups excluding carboxylic acids is 2. The topological polar surface area (TPSA) is 79.2 Å². The minimum atomic E-state index is -0.970. The Morgan fingerprint density at radius 2 is 1.96 bits per heavy atom. The predicted molar refractivity (Wildman–Crippen MR) is 94.7 cm³/mol. The maximum atomic E-state index is 12.0. The molecule has 1 aromatic rings. The lowest BCUT2D eigenvalue weighted by Gasteiger charge is -2.27. The van der Waals surface area contributed by atoms with Crippen LogP contribution in [0.4, 0.5) is 0 Å². The first-order valence-electron chi connectivity index (χ1n) is 8.82. The van der Waals surface area contributed by atoms with Gasteiger partial charge < -0.3 is 10.1 Å². The van der Waals surface area contributed by atoms with Gasteiger partial charge in [-0.25, -0.2) is 0 Å². The zero-order chi connectivity index (χ0) is 18.4. The first-order chi connectivity index (χ1) is 11.8. The van der Waals surface area contributed by atoms with E-state index in [0.29, 0.717) is 0 Å². The lowest BCUT2D eigenvalue weighted by Crippen LogP contribution is -2.50. The molecule has 1 aliphatic rings. The van der Waals surface area contributed by atoms with E-state index in [1.165, 1.54) is 24.0 Å². The van der Waals surface area contributed by atoms with Crippen LogP contribution in [-0.2, 0) is 33.6 Å². The van der Waals surface area contributed by atoms with Gasteiger partial charge >= 0.3 is 5.97 Å². The molecule has 0 saturated heterocycles. The van der Waals surface area contributed by atoms with E-state index in [-0.39, 0.29) is 18.9 Å². The Morgan fingerprint density at radius 3 is 2.60 bits per heavy atom. The summed E-state index contributed by atoms with van der Waals surface area (Å²) in [4.78, 5) is 23.9. The van der Waals surface area contributed by atoms with Crippen LogP contribution >= 0.6 is 0 Å². The molecule has 0 radical (unpaired) electrons. The summed E-state index contributed by atoms with van der Waals surface area (Å²) in [7, 11) is 0. The molecule has 0 unspecified atom stereocenters. The summed E-state index contributed by atoms with van der Waals surface area (Å²) in [6.07, 6.45) is 4.73. The maximum absolute atomic E-state index is 12.0. The lowest BCUT2D eigenvalue weighted by molar-refractivity contribution is -0.148. The number of aryl methyl sites for hydroxylation is 2. The number of hydrogen-bond acceptors (Lipinski definition) is 4. The fourth-order valence-corrected chi connectivity index (χ4v) is 2.89. The average molecular weight is 342 g/mol. The van der Waals surface area contributed by atoms with E-state index in [0.717, 1.165) is 18.4 Å². The van der Waals surface area contributed by atoms with Crippen LogP contribution in [-0.4, -0.2) is 24.0 Å². The second kappa shape index (κ2) is 8.15. The van der Waals surface area contributed by atoms with Gasteiger partial charge in [-0.2, -0.15) is 5.26 Å². The van der Waals surface area contributed by atoms with Crippen LogP contribution in [0.1, 0.15) is 50.3 Å². The van der Waals surface area contributed by atoms with Gasteiger partial charge in [0.2, 0.25) is 0 Å². The Kier molecular flexibility index (Phi) is 6.19. The number of rotatable bonds is 6. The molecule has 1 atom stereocenters. The Morgan fingerprint density at radius 1 is 1.28 bits per heavy atom. The van der Waals surface area contributed by atoms with Crippen molar-refractivity contribution in [3.63, 3.8) is 0 Å². The van der Waals surface area contributed by atoms with Crippen molar-refractivity contribution >= 4 is 11.9 Å². The van der Waals surface area contributed by atoms with Crippen LogP contribution in [0.2, 0.25) is 0 Å². The van der Waals surface area contributed by atoms with E-state index in [9.17, 15) is 14.9 Å². The molecular weight excluding hydrogens is 316 g/mol. The highest BCUT2D eigenvalue weighted by Crippen LogP contribution is 2.22. The normalized spacial score (nSPS) is 15.6. The Labute approximate surface area is 149 Å². The highest BCUT2D eigenvalue weighted by molar-refractivity contribution is 5.82. The molecule has 2 rings (SSSR count). The highest BCUT2D eigenvalue weighted by Gasteiger charge is 2.30. The number of carbonyl (C=O) groups is 2. The molecule has 0 aromatic heterocycles. The lowest BCUT2D eigenvalue weighted by atomic mass is 9.90. The van der Waals surface area contributed by atoms with Crippen LogP contribution in [0.15, 0.2) is 18.2 Å². The van der Waals surface area contributed by atoms with Gasteiger partial charge in [0.05, 0.1) is 12.5 Å². The smallest absolute Gasteiger partial charge is 0.310 e. The zero-order valence-electron chi connectivity index (χ0n) is 15.2. The third kappa shape index (κ3) is 5.06. The molecule has 1 amide bonds. The van der Waals surface area contributed by atoms with Crippen molar-refractivity contribution in [3.8, 4) is 6.07 Å². The van der Waals surface area contributed by atoms with Crippen LogP contribution in [0, 0.1) is 17.2 Å². The minimum absolute atomic E-state index is 0.0485. The average Bonchev–Trinajstić information content (AvgIpc) is 2.59. The molecule has 0 saturated carbocycles. The van der Waals surface area contributed by atoms with Crippen LogP contribution in [0.25, 0.3) is 0 Å². The molecule has 5 nitrogen and oxygen atoms in total. The summed E-state index contributed by atoms with van der Waals surface area (Å²) in [5.41, 5.74) is 2.63. The molecule has 1 aliphatic carbocycles. The van der Waals surface area contributed by atoms with E-state index in [1.54, 1.807) is 6.92 Å². The molecule has 134 valence electrons. The monoisotopic (exact) mass is 342 g/mol. The third-order valence-corrected chi connectivity index (χ3v) is 4.91. The second-order valence-corrected chi connectivity index (χ2v) is 7.16. The van der Waals surface area contributed by atoms with Gasteiger partial charge in [0.1, 0.15) is 5.54 Å². The van der Waals surface area contributed by atoms with Gasteiger partial charge in [-0.05, 0) is 55.2 Å². The highest BCUT2D eigenvalue weighted by atomic mass is 16.5. The fraction of sp³-hybridized carbons (Fsp3) is 0.550. The number of hydrogen-bond donors (Lipinski definition) is 1. The second-order valence-electron chi connectivity index (χ2n) is 7.16. The summed E-state index contributed by atoms with van der Waals surface area (Å²) in [6, 6.07) is 8.21. The van der Waals surface area contributed by atoms with Crippen molar-refractivity contribution in [2.24, 2.45) is 5.92 Å². The van der Waals surface area contributed by atoms with Crippen molar-refractivity contribution in [2.45, 2.75) is 58.4 Å². The molecule has 0 heterocycles. The fourth-order valence-electron chi connectivity index (χ4n) is 2.89. The van der Waals surface area contributed by atoms with Gasteiger partial charge in [-0.3, -0.25) is 9.59 Å². The quantitative estimate of drug-likeness (QED) is 0.806. The van der Waals surface area contributed by atoms with Crippen molar-refractivity contribution in [1.29, 1.82) is 5.26 Å². The molecule has 25 heavy (non-hydrogen) atoms. The summed E-state index contributed by atoms with van der Waals surface area (Å²) in [5, 5.41) is 11.8. The van der Waals surface area contributed by atoms with Gasteiger partial charge in [0.15, 0.2) is 6.61 Å². The van der Waals surface area contributed by atoms with Gasteiger partial charge in [0, 0.05) is 0 Å². The minimum Gasteiger partial charge on any atom is -0.455 e. The molecule has 0 aliphatic heterocycles. The summed E-state index contributed by atoms with van der Waals surface area (Å²) in [5.74, 6) is -0.946. The number of nitrogens with one attached hydrogen (secondary N) is 1. The number of nitrogens with zero attached hydrogens (tertiary/aromatic N) is 1. The molecule has 0 spiro atoms. The number of esters is 1. The van der Waals surface area contributed by atoms with Gasteiger partial charge in [-0.1, -0.05) is 32.0 Å². The molecule has 0 fully saturated rings. The molecule has 1 N–H and O–H groups in total. The number of nitriles is 1. The Bertz CT molecular complexity index is 691. The molecule has 0 bridgehead atoms. The van der Waals surface area contributed by atoms with Crippen LogP contribution in [0.3, 0.4) is 0 Å². The van der Waals surface area contributed by atoms with E-state index < -0.39 is 17.4 Å². The van der Waals surface area contributed by atoms with Crippen LogP contribution < -0.4 is 5.32 Å². The van der Waals surface area contributed by atoms with Crippen molar-refractivity contribution in [2.75, 3.05) is 6.61 Å². The number of amides is 1. The standard InChI is InChI=1S/C20H26N2O3/c1-14(2)20(3,13-21)22-18(23)12-25-19(24)11-15-8-9-16-6-4-5-7-17(16)10-15/h8-10,14H,4-7,11-12H2,1-3H3,(H,22,23)/t20-/m1/s1. The summed E-state index contributed by atoms with van der Waals surface area (Å²) < 4.78 is 5.06. The largest absolute Gasteiger partial charge is 0.455 e. The van der Waals surface area contributed by atoms with E-state index in [1.807, 2.05) is 19.9 Å². The van der Waals surface area contributed by atoms with Crippen LogP contribution in [0.5, 0.6) is 0 Å². The number of fused-ring (bicyclic) bond motifs is 1. The Balaban J connectivity index is 1.85. The maximum Gasteiger partial charge on any atom is 0.310 e. The van der Waals surface area contributed by atoms with Gasteiger partial charge in [-0.15, -0.1) is 0 Å². The summed E-state index contributed by atoms with van der Waals surface area (Å²) in [6.45, 7) is 5.00. The molecule has 5 heteroatoms. The number of ether oxygens (including phenoxy) is 1. The SMILES string of the molecule is CC(C)[C@@](C)(C#N)NC(=O)COC(=O)Cc1ccc2c(c1)CCCC2. The van der Waals surface area contributed by atoms with Crippen molar-refractivity contribution in [3.05, 3.63) is 34.9 Å². The zero-order valence-corrected chi connectivity index (χ0v) is 15.2. The molecular formula is C20H26N2O3. The van der Waals surface area contributed by atoms with E-state index in [2.05, 4.69) is 23.5 Å². The van der Waals surface area contributed by atoms with Crippen molar-refractivity contribution in [1.82, 2.24) is 5.32 Å². The number of benzene rings is 1. The predicted octanol–water partition coefficient (Wildman–Crippen LogP) is 2.71. The van der Waals surface area contributed by atoms with E-state index >= 15 is 0 Å². The first kappa shape index (κ1) is 19.0. The van der Waals surface area contributed by atoms with Gasteiger partial charge in [0.25, 0.3) is 5.91 Å². The molecule has 1 aromatic carbocycles.